The topological polar surface area (TPSA) is 52.7 Å². The molecule has 1 N–H and O–H groups in total. The van der Waals surface area contributed by atoms with Crippen molar-refractivity contribution in [3.05, 3.63) is 247 Å². The van der Waals surface area contributed by atoms with Crippen molar-refractivity contribution in [2.75, 3.05) is 44.2 Å². The van der Waals surface area contributed by atoms with Gasteiger partial charge in [0.2, 0.25) is 5.91 Å². The van der Waals surface area contributed by atoms with Gasteiger partial charge in [0.05, 0.1) is 11.3 Å². The molecule has 0 spiro atoms. The smallest absolute Gasteiger partial charge is 0.234 e. The van der Waals surface area contributed by atoms with Gasteiger partial charge >= 0.3 is 0 Å². The maximum absolute atomic E-state index is 14.6. The van der Waals surface area contributed by atoms with E-state index in [9.17, 15) is 9.59 Å². The van der Waals surface area contributed by atoms with Crippen molar-refractivity contribution in [3.8, 4) is 0 Å². The molecule has 0 saturated carbocycles. The van der Waals surface area contributed by atoms with E-state index in [4.69, 9.17) is 0 Å². The van der Waals surface area contributed by atoms with Gasteiger partial charge in [-0.3, -0.25) is 19.4 Å². The number of Topliss-reactive ketones (excluding diaryl/α,β-unsaturated/α-hetero) is 1. The second-order valence-corrected chi connectivity index (χ2v) is 24.4. The highest BCUT2D eigenvalue weighted by atomic mass is 32.3. The molecule has 7 heteroatoms. The maximum Gasteiger partial charge on any atom is 0.234 e. The summed E-state index contributed by atoms with van der Waals surface area (Å²) in [6.07, 6.45) is 4.68. The summed E-state index contributed by atoms with van der Waals surface area (Å²) in [6, 6.07) is 81.5. The van der Waals surface area contributed by atoms with Crippen LogP contribution in [-0.4, -0.2) is 77.8 Å². The fraction of sp³-hybridized carbons (Fsp3) is 0.273. The first kappa shape index (κ1) is 50.3. The number of thioether (sulfide) groups is 1. The van der Waals surface area contributed by atoms with Crippen LogP contribution in [0.15, 0.2) is 239 Å². The van der Waals surface area contributed by atoms with Gasteiger partial charge in [-0.25, -0.2) is 0 Å². The van der Waals surface area contributed by atoms with Gasteiger partial charge in [-0.1, -0.05) is 195 Å². The molecular weight excluding hydrogens is 931 g/mol. The molecule has 0 radical (unpaired) electrons. The molecule has 372 valence electrons. The van der Waals surface area contributed by atoms with Crippen LogP contribution in [0.2, 0.25) is 0 Å². The van der Waals surface area contributed by atoms with Crippen LogP contribution in [0.1, 0.15) is 67.2 Å². The Morgan fingerprint density at radius 2 is 1.12 bits per heavy atom. The lowest BCUT2D eigenvalue weighted by atomic mass is 9.73. The normalized spacial score (nSPS) is 18.2. The number of carbonyl (C=O) groups excluding carboxylic acids is 2. The molecule has 2 bridgehead atoms. The summed E-state index contributed by atoms with van der Waals surface area (Å²) in [5.41, 5.74) is 5.02. The van der Waals surface area contributed by atoms with Gasteiger partial charge in [0.1, 0.15) is 5.78 Å². The zero-order chi connectivity index (χ0) is 49.9. The number of piperidine rings is 1. The molecule has 8 aromatic rings. The second-order valence-electron chi connectivity index (χ2n) is 19.8. The van der Waals surface area contributed by atoms with E-state index in [1.54, 1.807) is 0 Å². The molecule has 0 aromatic heterocycles. The van der Waals surface area contributed by atoms with Gasteiger partial charge in [0.15, 0.2) is 0 Å². The number of amides is 1. The standard InChI is InChI=1S/C66H69N3O2S2/c1-2-63(70)65-61(53-39-38-51-24-21-22-25-52(51)48-53)49-57-40-41-62(65)69(57)44-23-43-68(45-46-72-66(54-26-9-3-10-27-54,55-28-11-4-12-29-55)56-30-13-5-14-31-56)50-64(71)67-42-47-73(58-32-15-6-16-33-58,59-34-17-7-18-35-59)60-36-19-8-20-37-60/h3-22,24-39,48,57,61-62,65H,2,23,40-47,49-50H2,1H3,(H,67,71). The number of benzene rings is 8. The van der Waals surface area contributed by atoms with E-state index < -0.39 is 14.8 Å². The van der Waals surface area contributed by atoms with Crippen molar-refractivity contribution in [3.63, 3.8) is 0 Å². The van der Waals surface area contributed by atoms with Gasteiger partial charge in [-0.05, 0) is 129 Å². The van der Waals surface area contributed by atoms with Gasteiger partial charge < -0.3 is 5.32 Å². The number of hydrogen-bond donors (Lipinski definition) is 1. The Bertz CT molecular complexity index is 2820. The predicted molar refractivity (Wildman–Crippen MR) is 306 cm³/mol. The first-order valence-corrected chi connectivity index (χ1v) is 29.3. The minimum atomic E-state index is -1.70. The van der Waals surface area contributed by atoms with Crippen LogP contribution in [0.4, 0.5) is 0 Å². The van der Waals surface area contributed by atoms with E-state index in [1.165, 1.54) is 47.7 Å². The fourth-order valence-corrected chi connectivity index (χ4v) is 17.6. The van der Waals surface area contributed by atoms with Gasteiger partial charge in [0, 0.05) is 49.0 Å². The van der Waals surface area contributed by atoms with Crippen LogP contribution in [-0.2, 0) is 14.3 Å². The van der Waals surface area contributed by atoms with E-state index >= 15 is 0 Å². The number of nitrogens with zero attached hydrogens (tertiary/aromatic N) is 2. The molecule has 0 aliphatic carbocycles. The molecule has 2 saturated heterocycles. The van der Waals surface area contributed by atoms with Gasteiger partial charge in [-0.15, -0.1) is 11.8 Å². The van der Waals surface area contributed by atoms with Crippen LogP contribution in [0.3, 0.4) is 0 Å². The largest absolute Gasteiger partial charge is 0.354 e. The molecular formula is C66H69N3O2S2. The predicted octanol–water partition coefficient (Wildman–Crippen LogP) is 14.3. The van der Waals surface area contributed by atoms with Crippen molar-refractivity contribution in [2.45, 2.75) is 76.5 Å². The molecule has 2 heterocycles. The number of hydrogen-bond acceptors (Lipinski definition) is 5. The van der Waals surface area contributed by atoms with Crippen molar-refractivity contribution in [2.24, 2.45) is 5.92 Å². The van der Waals surface area contributed by atoms with Crippen LogP contribution in [0, 0.1) is 5.92 Å². The van der Waals surface area contributed by atoms with Crippen molar-refractivity contribution in [1.29, 1.82) is 0 Å². The zero-order valence-electron chi connectivity index (χ0n) is 42.2. The third-order valence-corrected chi connectivity index (χ3v) is 21.3. The number of fused-ring (bicyclic) bond motifs is 3. The Hall–Kier alpha value is -6.22. The lowest BCUT2D eigenvalue weighted by molar-refractivity contribution is -0.127. The Balaban J connectivity index is 0.897. The Kier molecular flexibility index (Phi) is 16.4. The van der Waals surface area contributed by atoms with E-state index in [0.717, 1.165) is 56.8 Å². The average Bonchev–Trinajstić information content (AvgIpc) is 3.73. The highest BCUT2D eigenvalue weighted by Crippen LogP contribution is 2.68. The molecule has 2 aliphatic heterocycles. The number of carbonyl (C=O) groups is 2. The summed E-state index contributed by atoms with van der Waals surface area (Å²) in [6.45, 7) is 5.35. The minimum absolute atomic E-state index is 0.0119. The summed E-state index contributed by atoms with van der Waals surface area (Å²) in [4.78, 5) is 37.6. The molecule has 2 fully saturated rings. The van der Waals surface area contributed by atoms with Crippen molar-refractivity contribution >= 4 is 44.3 Å². The number of ketones is 1. The highest BCUT2D eigenvalue weighted by Gasteiger charge is 2.49. The average molecular weight is 1000 g/mol. The lowest BCUT2D eigenvalue weighted by Crippen LogP contribution is -2.51. The van der Waals surface area contributed by atoms with Crippen LogP contribution < -0.4 is 5.32 Å². The van der Waals surface area contributed by atoms with E-state index in [2.05, 4.69) is 240 Å². The quantitative estimate of drug-likeness (QED) is 0.0686. The van der Waals surface area contributed by atoms with Crippen molar-refractivity contribution in [1.82, 2.24) is 15.1 Å². The van der Waals surface area contributed by atoms with Gasteiger partial charge in [0.25, 0.3) is 0 Å². The molecule has 8 aromatic carbocycles. The molecule has 4 atom stereocenters. The van der Waals surface area contributed by atoms with Crippen LogP contribution >= 0.6 is 21.8 Å². The monoisotopic (exact) mass is 999 g/mol. The first-order valence-electron chi connectivity index (χ1n) is 26.5. The lowest BCUT2D eigenvalue weighted by Gasteiger charge is -2.44. The molecule has 73 heavy (non-hydrogen) atoms. The Morgan fingerprint density at radius 3 is 1.66 bits per heavy atom. The maximum atomic E-state index is 14.6. The molecule has 2 aliphatic rings. The fourth-order valence-electron chi connectivity index (χ4n) is 12.3. The van der Waals surface area contributed by atoms with E-state index in [1.807, 2.05) is 18.7 Å². The summed E-state index contributed by atoms with van der Waals surface area (Å²) >= 11 is 1.96. The van der Waals surface area contributed by atoms with Crippen molar-refractivity contribution < 1.29 is 9.59 Å². The summed E-state index contributed by atoms with van der Waals surface area (Å²) in [5, 5.41) is 5.96. The molecule has 1 amide bonds. The molecule has 5 nitrogen and oxygen atoms in total. The van der Waals surface area contributed by atoms with E-state index in [-0.39, 0.29) is 23.8 Å². The minimum Gasteiger partial charge on any atom is -0.354 e. The van der Waals surface area contributed by atoms with Crippen LogP contribution in [0.5, 0.6) is 0 Å². The van der Waals surface area contributed by atoms with Crippen LogP contribution in [0.25, 0.3) is 10.8 Å². The summed E-state index contributed by atoms with van der Waals surface area (Å²) in [5.74, 6) is 2.26. The highest BCUT2D eigenvalue weighted by molar-refractivity contribution is 8.33. The zero-order valence-corrected chi connectivity index (χ0v) is 43.8. The number of rotatable bonds is 22. The van der Waals surface area contributed by atoms with Gasteiger partial charge in [-0.2, -0.15) is 10.0 Å². The Morgan fingerprint density at radius 1 is 0.616 bits per heavy atom. The first-order chi connectivity index (χ1) is 36.0. The third kappa shape index (κ3) is 10.9. The number of nitrogens with one attached hydrogen (secondary N) is 1. The third-order valence-electron chi connectivity index (χ3n) is 15.7. The Labute approximate surface area is 439 Å². The summed E-state index contributed by atoms with van der Waals surface area (Å²) in [7, 11) is -1.70. The molecule has 10 rings (SSSR count). The molecule has 4 unspecified atom stereocenters. The van der Waals surface area contributed by atoms with E-state index in [0.29, 0.717) is 31.3 Å². The SMILES string of the molecule is CCC(=O)C1C(c2ccc3ccccc3c2)CC2CCC1N2CCCN(CCSC(c1ccccc1)(c1ccccc1)c1ccccc1)CC(=O)NCCS(c1ccccc1)(c1ccccc1)c1ccccc1. The summed E-state index contributed by atoms with van der Waals surface area (Å²) < 4.78 is -0.453. The second kappa shape index (κ2) is 23.8.